The number of hydrogen-bond donors (Lipinski definition) is 0. The first-order chi connectivity index (χ1) is 8.54. The molecule has 2 aliphatic heterocycles. The Morgan fingerprint density at radius 3 is 2.78 bits per heavy atom. The van der Waals surface area contributed by atoms with Crippen molar-refractivity contribution in [1.82, 2.24) is 9.80 Å². The minimum absolute atomic E-state index is 0.0331. The lowest BCUT2D eigenvalue weighted by molar-refractivity contribution is -0.141. The Morgan fingerprint density at radius 1 is 1.44 bits per heavy atom. The van der Waals surface area contributed by atoms with Gasteiger partial charge in [-0.05, 0) is 12.3 Å². The first-order valence-electron chi connectivity index (χ1n) is 6.52. The van der Waals surface area contributed by atoms with E-state index in [-0.39, 0.29) is 23.8 Å². The first kappa shape index (κ1) is 12.9. The zero-order valence-electron chi connectivity index (χ0n) is 10.9. The van der Waals surface area contributed by atoms with Crippen LogP contribution in [0.2, 0.25) is 0 Å². The molecule has 0 N–H and O–H groups in total. The number of amides is 2. The van der Waals surface area contributed by atoms with Crippen LogP contribution in [0.25, 0.3) is 0 Å². The first-order valence-corrected chi connectivity index (χ1v) is 6.52. The molecule has 2 heterocycles. The fourth-order valence-electron chi connectivity index (χ4n) is 2.75. The summed E-state index contributed by atoms with van der Waals surface area (Å²) in [5.74, 6) is -0.404. The maximum Gasteiger partial charge on any atom is 0.240 e. The molecule has 2 rings (SSSR count). The zero-order chi connectivity index (χ0) is 13.3. The highest BCUT2D eigenvalue weighted by Crippen LogP contribution is 2.24. The van der Waals surface area contributed by atoms with Crippen LogP contribution in [0.3, 0.4) is 0 Å². The predicted octanol–water partition coefficient (Wildman–Crippen LogP) is 0.615. The monoisotopic (exact) mass is 249 g/mol. The van der Waals surface area contributed by atoms with Gasteiger partial charge in [-0.2, -0.15) is 5.26 Å². The average molecular weight is 249 g/mol. The van der Waals surface area contributed by atoms with Crippen molar-refractivity contribution in [3.05, 3.63) is 0 Å². The van der Waals surface area contributed by atoms with Gasteiger partial charge in [0.15, 0.2) is 0 Å². The number of piperazine rings is 1. The quantitative estimate of drug-likeness (QED) is 0.720. The Morgan fingerprint density at radius 2 is 2.17 bits per heavy atom. The summed E-state index contributed by atoms with van der Waals surface area (Å²) in [5.41, 5.74) is 0. The molecule has 2 aliphatic rings. The zero-order valence-corrected chi connectivity index (χ0v) is 10.9. The molecule has 0 saturated carbocycles. The van der Waals surface area contributed by atoms with E-state index in [0.29, 0.717) is 26.1 Å². The molecule has 0 spiro atoms. The smallest absolute Gasteiger partial charge is 0.240 e. The van der Waals surface area contributed by atoms with Gasteiger partial charge in [-0.15, -0.1) is 0 Å². The third-order valence-corrected chi connectivity index (χ3v) is 3.88. The number of carbonyl (C=O) groups is 2. The molecule has 2 atom stereocenters. The summed E-state index contributed by atoms with van der Waals surface area (Å²) < 4.78 is 0. The molecule has 98 valence electrons. The van der Waals surface area contributed by atoms with Crippen LogP contribution >= 0.6 is 0 Å². The van der Waals surface area contributed by atoms with Crippen LogP contribution in [0.1, 0.15) is 26.7 Å². The van der Waals surface area contributed by atoms with Crippen molar-refractivity contribution in [1.29, 1.82) is 5.26 Å². The van der Waals surface area contributed by atoms with Crippen molar-refractivity contribution in [2.45, 2.75) is 32.7 Å². The summed E-state index contributed by atoms with van der Waals surface area (Å²) >= 11 is 0. The minimum atomic E-state index is -0.561. The van der Waals surface area contributed by atoms with Gasteiger partial charge in [-0.25, -0.2) is 0 Å². The molecular formula is C13H19N3O2. The Bertz CT molecular complexity index is 400. The van der Waals surface area contributed by atoms with Crippen LogP contribution < -0.4 is 0 Å². The van der Waals surface area contributed by atoms with Gasteiger partial charge in [0.2, 0.25) is 11.8 Å². The number of fused-ring (bicyclic) bond motifs is 1. The molecule has 2 saturated heterocycles. The fraction of sp³-hybridized carbons (Fsp3) is 0.769. The summed E-state index contributed by atoms with van der Waals surface area (Å²) in [6.45, 7) is 5.55. The summed E-state index contributed by atoms with van der Waals surface area (Å²) in [4.78, 5) is 27.4. The lowest BCUT2D eigenvalue weighted by Gasteiger charge is -2.38. The molecule has 0 aromatic carbocycles. The van der Waals surface area contributed by atoms with Gasteiger partial charge in [-0.1, -0.05) is 13.8 Å². The molecule has 0 aliphatic carbocycles. The van der Waals surface area contributed by atoms with Gasteiger partial charge in [0.05, 0.1) is 6.07 Å². The van der Waals surface area contributed by atoms with E-state index in [1.165, 1.54) is 0 Å². The van der Waals surface area contributed by atoms with Crippen molar-refractivity contribution in [3.63, 3.8) is 0 Å². The van der Waals surface area contributed by atoms with E-state index in [0.717, 1.165) is 6.42 Å². The SMILES string of the molecule is CC(C)C(C#N)C(=O)N1CCN2C(=O)CCC2C1. The molecule has 0 bridgehead atoms. The third-order valence-electron chi connectivity index (χ3n) is 3.88. The van der Waals surface area contributed by atoms with E-state index in [2.05, 4.69) is 6.07 Å². The largest absolute Gasteiger partial charge is 0.338 e. The molecule has 2 fully saturated rings. The number of nitrogens with zero attached hydrogens (tertiary/aromatic N) is 3. The van der Waals surface area contributed by atoms with Crippen LogP contribution in [-0.2, 0) is 9.59 Å². The number of nitriles is 1. The molecule has 5 nitrogen and oxygen atoms in total. The Kier molecular flexibility index (Phi) is 3.55. The molecular weight excluding hydrogens is 230 g/mol. The minimum Gasteiger partial charge on any atom is -0.338 e. The molecule has 0 aromatic heterocycles. The highest BCUT2D eigenvalue weighted by molar-refractivity contribution is 5.83. The van der Waals surface area contributed by atoms with E-state index < -0.39 is 5.92 Å². The topological polar surface area (TPSA) is 64.4 Å². The van der Waals surface area contributed by atoms with Crippen LogP contribution in [0.5, 0.6) is 0 Å². The number of hydrogen-bond acceptors (Lipinski definition) is 3. The van der Waals surface area contributed by atoms with Gasteiger partial charge < -0.3 is 9.80 Å². The summed E-state index contributed by atoms with van der Waals surface area (Å²) in [6.07, 6.45) is 1.43. The van der Waals surface area contributed by atoms with E-state index in [1.807, 2.05) is 18.7 Å². The van der Waals surface area contributed by atoms with Gasteiger partial charge in [0, 0.05) is 32.1 Å². The van der Waals surface area contributed by atoms with Gasteiger partial charge >= 0.3 is 0 Å². The highest BCUT2D eigenvalue weighted by atomic mass is 16.2. The molecule has 2 amide bonds. The molecule has 5 heteroatoms. The third kappa shape index (κ3) is 2.20. The van der Waals surface area contributed by atoms with E-state index in [1.54, 1.807) is 4.90 Å². The standard InChI is InChI=1S/C13H19N3O2/c1-9(2)11(7-14)13(18)15-5-6-16-10(8-15)3-4-12(16)17/h9-11H,3-6,8H2,1-2H3. The number of rotatable bonds is 2. The van der Waals surface area contributed by atoms with Crippen LogP contribution in [-0.4, -0.2) is 47.3 Å². The predicted molar refractivity (Wildman–Crippen MR) is 65.3 cm³/mol. The lowest BCUT2D eigenvalue weighted by Crippen LogP contribution is -2.54. The Balaban J connectivity index is 2.02. The normalized spacial score (nSPS) is 25.0. The molecule has 2 unspecified atom stereocenters. The molecule has 0 aromatic rings. The summed E-state index contributed by atoms with van der Waals surface area (Å²) in [7, 11) is 0. The van der Waals surface area contributed by atoms with Crippen molar-refractivity contribution >= 4 is 11.8 Å². The van der Waals surface area contributed by atoms with Crippen molar-refractivity contribution in [2.24, 2.45) is 11.8 Å². The van der Waals surface area contributed by atoms with Crippen molar-refractivity contribution < 1.29 is 9.59 Å². The van der Waals surface area contributed by atoms with E-state index >= 15 is 0 Å². The van der Waals surface area contributed by atoms with E-state index in [9.17, 15) is 9.59 Å². The second-order valence-corrected chi connectivity index (χ2v) is 5.41. The lowest BCUT2D eigenvalue weighted by atomic mass is 9.95. The summed E-state index contributed by atoms with van der Waals surface area (Å²) in [6, 6.07) is 2.26. The van der Waals surface area contributed by atoms with E-state index in [4.69, 9.17) is 5.26 Å². The van der Waals surface area contributed by atoms with Crippen LogP contribution in [0.4, 0.5) is 0 Å². The van der Waals surface area contributed by atoms with Crippen LogP contribution in [0, 0.1) is 23.2 Å². The Labute approximate surface area is 107 Å². The number of carbonyl (C=O) groups excluding carboxylic acids is 2. The maximum absolute atomic E-state index is 12.2. The van der Waals surface area contributed by atoms with Gasteiger partial charge in [0.25, 0.3) is 0 Å². The highest BCUT2D eigenvalue weighted by Gasteiger charge is 2.38. The summed E-state index contributed by atoms with van der Waals surface area (Å²) in [5, 5.41) is 9.06. The van der Waals surface area contributed by atoms with Crippen LogP contribution in [0.15, 0.2) is 0 Å². The second kappa shape index (κ2) is 4.97. The molecule has 0 radical (unpaired) electrons. The molecule has 18 heavy (non-hydrogen) atoms. The van der Waals surface area contributed by atoms with Gasteiger partial charge in [-0.3, -0.25) is 9.59 Å². The van der Waals surface area contributed by atoms with Crippen molar-refractivity contribution in [3.8, 4) is 6.07 Å². The second-order valence-electron chi connectivity index (χ2n) is 5.41. The fourth-order valence-corrected chi connectivity index (χ4v) is 2.75. The van der Waals surface area contributed by atoms with Gasteiger partial charge in [0.1, 0.15) is 5.92 Å². The Hall–Kier alpha value is -1.57. The maximum atomic E-state index is 12.2. The average Bonchev–Trinajstić information content (AvgIpc) is 2.71. The van der Waals surface area contributed by atoms with Crippen molar-refractivity contribution in [2.75, 3.05) is 19.6 Å².